The molecular formula is C35H45N3O7S2. The number of nitrogens with zero attached hydrogens (tertiary/aromatic N) is 2. The third-order valence-electron chi connectivity index (χ3n) is 10.0. The first-order chi connectivity index (χ1) is 22.6. The van der Waals surface area contributed by atoms with Crippen molar-refractivity contribution >= 4 is 42.7 Å². The van der Waals surface area contributed by atoms with Crippen LogP contribution in [-0.4, -0.2) is 79.6 Å². The zero-order chi connectivity index (χ0) is 32.7. The van der Waals surface area contributed by atoms with Gasteiger partial charge in [0.05, 0.1) is 40.9 Å². The molecule has 4 heterocycles. The summed E-state index contributed by atoms with van der Waals surface area (Å²) in [6, 6.07) is 15.2. The summed E-state index contributed by atoms with van der Waals surface area (Å²) in [6.45, 7) is 5.04. The highest BCUT2D eigenvalue weighted by atomic mass is 32.2. The largest absolute Gasteiger partial charge is 0.462 e. The molecule has 3 aromatic rings. The molecule has 1 aromatic heterocycles. The molecule has 8 rings (SSSR count). The summed E-state index contributed by atoms with van der Waals surface area (Å²) in [5.41, 5.74) is 1.71. The molecule has 0 radical (unpaired) electrons. The maximum atomic E-state index is 14.2. The Morgan fingerprint density at radius 3 is 2.62 bits per heavy atom. The van der Waals surface area contributed by atoms with Crippen molar-refractivity contribution in [1.82, 2.24) is 9.29 Å². The van der Waals surface area contributed by atoms with Crippen LogP contribution in [0.3, 0.4) is 0 Å². The van der Waals surface area contributed by atoms with Gasteiger partial charge in [-0.3, -0.25) is 4.79 Å². The number of rotatable bonds is 14. The Morgan fingerprint density at radius 1 is 1.06 bits per heavy atom. The molecule has 5 unspecified atom stereocenters. The van der Waals surface area contributed by atoms with Crippen LogP contribution in [0.15, 0.2) is 53.4 Å². The van der Waals surface area contributed by atoms with Gasteiger partial charge in [0.25, 0.3) is 0 Å². The van der Waals surface area contributed by atoms with E-state index in [0.29, 0.717) is 25.7 Å². The second-order valence-electron chi connectivity index (χ2n) is 14.2. The number of carbonyl (C=O) groups is 1. The molecule has 254 valence electrons. The van der Waals surface area contributed by atoms with E-state index in [9.17, 15) is 18.3 Å². The number of carbonyl (C=O) groups excluding carboxylic acids is 1. The quantitative estimate of drug-likeness (QED) is 0.224. The molecule has 5 aliphatic rings. The average Bonchev–Trinajstić information content (AvgIpc) is 3.70. The summed E-state index contributed by atoms with van der Waals surface area (Å²) in [5, 5.41) is 16.0. The second kappa shape index (κ2) is 13.7. The molecule has 4 bridgehead atoms. The third-order valence-corrected chi connectivity index (χ3v) is 12.8. The number of hydrogen-bond donors (Lipinski definition) is 2. The van der Waals surface area contributed by atoms with Crippen LogP contribution in [0.5, 0.6) is 0 Å². The highest BCUT2D eigenvalue weighted by molar-refractivity contribution is 7.89. The van der Waals surface area contributed by atoms with Crippen molar-refractivity contribution in [2.45, 2.75) is 81.8 Å². The van der Waals surface area contributed by atoms with Crippen LogP contribution in [0.4, 0.5) is 5.13 Å². The predicted octanol–water partition coefficient (Wildman–Crippen LogP) is 5.07. The predicted molar refractivity (Wildman–Crippen MR) is 179 cm³/mol. The lowest BCUT2D eigenvalue weighted by atomic mass is 9.74. The standard InChI is InChI=1S/C35H45N3O7S2/c1-21(2)17-38(47(41,42)26-11-13-29-31(16-26)46-35(37-29)36-25-9-10-25)18-30(39)24(14-22-6-4-3-5-7-22)15-32(40)45-33-23-8-12-27-28(33)20-44-34(27)43-19-23/h3-7,11,13,16,21,23-25,27-28,30,33-34,39H,8-10,12,14-15,17-20H2,1-2H3,(H,36,37)/t23?,24-,27?,28?,30-,33?,34?/m1/s1. The van der Waals surface area contributed by atoms with Crippen LogP contribution < -0.4 is 5.32 Å². The van der Waals surface area contributed by atoms with Crippen molar-refractivity contribution in [2.24, 2.45) is 29.6 Å². The Hall–Kier alpha value is -2.61. The number of ether oxygens (including phenoxy) is 3. The molecule has 2 saturated carbocycles. The van der Waals surface area contributed by atoms with E-state index >= 15 is 0 Å². The minimum atomic E-state index is -3.97. The van der Waals surface area contributed by atoms with Gasteiger partial charge >= 0.3 is 5.97 Å². The van der Waals surface area contributed by atoms with E-state index in [1.165, 1.54) is 15.6 Å². The van der Waals surface area contributed by atoms with Crippen LogP contribution in [0.2, 0.25) is 0 Å². The number of nitrogens with one attached hydrogen (secondary N) is 1. The number of benzene rings is 2. The Labute approximate surface area is 280 Å². The Balaban J connectivity index is 1.09. The number of sulfonamides is 1. The third kappa shape index (κ3) is 7.38. The van der Waals surface area contributed by atoms with Gasteiger partial charge in [-0.15, -0.1) is 0 Å². The summed E-state index contributed by atoms with van der Waals surface area (Å²) in [5.74, 6) is -0.434. The molecule has 47 heavy (non-hydrogen) atoms. The number of aromatic nitrogens is 1. The van der Waals surface area contributed by atoms with E-state index in [0.717, 1.165) is 46.6 Å². The fourth-order valence-electron chi connectivity index (χ4n) is 7.41. The van der Waals surface area contributed by atoms with Crippen LogP contribution in [0.1, 0.15) is 51.5 Å². The van der Waals surface area contributed by atoms with Crippen molar-refractivity contribution in [3.05, 3.63) is 54.1 Å². The van der Waals surface area contributed by atoms with Crippen LogP contribution in [0, 0.1) is 29.6 Å². The SMILES string of the molecule is CC(C)CN(C[C@@H](O)[C@@H](CC(=O)OC1C2CCC3C(OC2)OCC31)Cc1ccccc1)S(=O)(=O)c1ccc2nc(NC3CC3)sc2c1. The van der Waals surface area contributed by atoms with E-state index in [1.807, 2.05) is 44.2 Å². The topological polar surface area (TPSA) is 127 Å². The molecule has 2 N–H and O–H groups in total. The average molecular weight is 684 g/mol. The number of aliphatic hydroxyl groups excluding tert-OH is 1. The van der Waals surface area contributed by atoms with Crippen molar-refractivity contribution in [3.8, 4) is 0 Å². The maximum Gasteiger partial charge on any atom is 0.306 e. The van der Waals surface area contributed by atoms with E-state index in [1.54, 1.807) is 18.2 Å². The minimum absolute atomic E-state index is 0.0151. The molecule has 10 nitrogen and oxygen atoms in total. The molecular weight excluding hydrogens is 639 g/mol. The monoisotopic (exact) mass is 683 g/mol. The van der Waals surface area contributed by atoms with Gasteiger partial charge in [0.1, 0.15) is 6.10 Å². The Morgan fingerprint density at radius 2 is 1.85 bits per heavy atom. The zero-order valence-electron chi connectivity index (χ0n) is 27.0. The fraction of sp³-hybridized carbons (Fsp3) is 0.600. The number of aliphatic hydroxyl groups is 1. The summed E-state index contributed by atoms with van der Waals surface area (Å²) in [6.07, 6.45) is 2.98. The van der Waals surface area contributed by atoms with Gasteiger partial charge < -0.3 is 24.6 Å². The van der Waals surface area contributed by atoms with Crippen LogP contribution >= 0.6 is 11.3 Å². The highest BCUT2D eigenvalue weighted by Crippen LogP contribution is 2.47. The first-order valence-electron chi connectivity index (χ1n) is 17.0. The van der Waals surface area contributed by atoms with Crippen molar-refractivity contribution in [1.29, 1.82) is 0 Å². The molecule has 3 aliphatic heterocycles. The normalized spacial score (nSPS) is 26.9. The lowest BCUT2D eigenvalue weighted by molar-refractivity contribution is -0.165. The summed E-state index contributed by atoms with van der Waals surface area (Å²) in [7, 11) is -3.97. The van der Waals surface area contributed by atoms with Gasteiger partial charge in [-0.2, -0.15) is 4.31 Å². The van der Waals surface area contributed by atoms with Crippen molar-refractivity contribution in [3.63, 3.8) is 0 Å². The molecule has 5 fully saturated rings. The summed E-state index contributed by atoms with van der Waals surface area (Å²) in [4.78, 5) is 18.4. The number of anilines is 1. The highest BCUT2D eigenvalue weighted by Gasteiger charge is 2.52. The molecule has 2 aromatic carbocycles. The Kier molecular flexibility index (Phi) is 9.61. The van der Waals surface area contributed by atoms with Gasteiger partial charge in [-0.05, 0) is 61.8 Å². The number of fused-ring (bicyclic) bond motifs is 3. The van der Waals surface area contributed by atoms with Gasteiger partial charge in [0.2, 0.25) is 10.0 Å². The number of thiazole rings is 1. The summed E-state index contributed by atoms with van der Waals surface area (Å²) >= 11 is 1.45. The zero-order valence-corrected chi connectivity index (χ0v) is 28.6. The number of hydrogen-bond acceptors (Lipinski definition) is 10. The van der Waals surface area contributed by atoms with Crippen molar-refractivity contribution in [2.75, 3.05) is 31.6 Å². The molecule has 12 heteroatoms. The van der Waals surface area contributed by atoms with Gasteiger partial charge in [-0.25, -0.2) is 13.4 Å². The fourth-order valence-corrected chi connectivity index (χ4v) is 10.1. The van der Waals surface area contributed by atoms with Crippen molar-refractivity contribution < 1.29 is 32.5 Å². The molecule has 0 spiro atoms. The maximum absolute atomic E-state index is 14.2. The van der Waals surface area contributed by atoms with Crippen LogP contribution in [0.25, 0.3) is 10.2 Å². The summed E-state index contributed by atoms with van der Waals surface area (Å²) < 4.78 is 48.5. The minimum Gasteiger partial charge on any atom is -0.462 e. The van der Waals surface area contributed by atoms with Gasteiger partial charge in [0.15, 0.2) is 11.4 Å². The van der Waals surface area contributed by atoms with E-state index < -0.39 is 22.0 Å². The molecule has 2 aliphatic carbocycles. The molecule has 0 amide bonds. The first-order valence-corrected chi connectivity index (χ1v) is 19.2. The lowest BCUT2D eigenvalue weighted by Gasteiger charge is -2.36. The molecule has 7 atom stereocenters. The lowest BCUT2D eigenvalue weighted by Crippen LogP contribution is -2.44. The second-order valence-corrected chi connectivity index (χ2v) is 17.1. The number of esters is 1. The van der Waals surface area contributed by atoms with Crippen LogP contribution in [-0.2, 0) is 35.4 Å². The van der Waals surface area contributed by atoms with E-state index in [4.69, 9.17) is 14.2 Å². The smallest absolute Gasteiger partial charge is 0.306 e. The Bertz CT molecular complexity index is 1660. The first kappa shape index (κ1) is 32.9. The van der Waals surface area contributed by atoms with Gasteiger partial charge in [0, 0.05) is 42.8 Å². The van der Waals surface area contributed by atoms with Gasteiger partial charge in [-0.1, -0.05) is 55.5 Å². The molecule has 3 saturated heterocycles. The van der Waals surface area contributed by atoms with E-state index in [-0.39, 0.29) is 66.4 Å². The van der Waals surface area contributed by atoms with E-state index in [2.05, 4.69) is 10.3 Å².